The zero-order chi connectivity index (χ0) is 10.8. The number of hydrogen-bond acceptors (Lipinski definition) is 1. The van der Waals surface area contributed by atoms with Gasteiger partial charge in [0.05, 0.1) is 16.8 Å². The van der Waals surface area contributed by atoms with Gasteiger partial charge in [-0.3, -0.25) is 0 Å². The molecule has 0 heterocycles. The average molecular weight is 228 g/mol. The number of anilines is 1. The van der Waals surface area contributed by atoms with Crippen molar-refractivity contribution in [3.05, 3.63) is 29.0 Å². The standard InChI is InChI=1S/C10H11ClFN3/c11-8-4-1-6(12)5-9(8)15-10(13)14-7-2-3-7/h1,4-5,7H,2-3H2,(H3,13,14,15). The van der Waals surface area contributed by atoms with E-state index in [1.807, 2.05) is 0 Å². The minimum atomic E-state index is -0.360. The van der Waals surface area contributed by atoms with Gasteiger partial charge >= 0.3 is 0 Å². The van der Waals surface area contributed by atoms with Crippen molar-refractivity contribution in [3.8, 4) is 0 Å². The fourth-order valence-electron chi connectivity index (χ4n) is 1.16. The van der Waals surface area contributed by atoms with Gasteiger partial charge in [-0.2, -0.15) is 0 Å². The van der Waals surface area contributed by atoms with Gasteiger partial charge in [0.15, 0.2) is 5.96 Å². The molecule has 0 saturated heterocycles. The Morgan fingerprint density at radius 1 is 1.53 bits per heavy atom. The van der Waals surface area contributed by atoms with Crippen LogP contribution in [0.4, 0.5) is 10.1 Å². The van der Waals surface area contributed by atoms with Crippen LogP contribution in [0, 0.1) is 5.82 Å². The summed E-state index contributed by atoms with van der Waals surface area (Å²) in [7, 11) is 0. The third kappa shape index (κ3) is 2.83. The number of aliphatic imine (C=N–C) groups is 1. The Morgan fingerprint density at radius 3 is 2.93 bits per heavy atom. The monoisotopic (exact) mass is 227 g/mol. The van der Waals surface area contributed by atoms with Crippen molar-refractivity contribution < 1.29 is 4.39 Å². The smallest absolute Gasteiger partial charge is 0.193 e. The fourth-order valence-corrected chi connectivity index (χ4v) is 1.33. The Balaban J connectivity index is 2.11. The van der Waals surface area contributed by atoms with E-state index in [9.17, 15) is 4.39 Å². The SMILES string of the molecule is NC(=NC1CC1)Nc1cc(F)ccc1Cl. The van der Waals surface area contributed by atoms with Crippen molar-refractivity contribution in [2.75, 3.05) is 5.32 Å². The molecule has 1 aromatic rings. The molecular formula is C10H11ClFN3. The van der Waals surface area contributed by atoms with Crippen LogP contribution in [0.25, 0.3) is 0 Å². The Hall–Kier alpha value is -1.29. The molecule has 0 amide bonds. The van der Waals surface area contributed by atoms with Crippen LogP contribution < -0.4 is 11.1 Å². The number of guanidine groups is 1. The van der Waals surface area contributed by atoms with Gasteiger partial charge in [0.25, 0.3) is 0 Å². The van der Waals surface area contributed by atoms with E-state index >= 15 is 0 Å². The Labute approximate surface area is 92.1 Å². The molecule has 1 aliphatic carbocycles. The summed E-state index contributed by atoms with van der Waals surface area (Å²) in [6.45, 7) is 0. The number of nitrogens with zero attached hydrogens (tertiary/aromatic N) is 1. The molecule has 0 atom stereocenters. The molecule has 1 saturated carbocycles. The minimum absolute atomic E-state index is 0.282. The molecule has 3 nitrogen and oxygen atoms in total. The number of hydrogen-bond donors (Lipinski definition) is 2. The predicted octanol–water partition coefficient (Wildman–Crippen LogP) is 2.37. The molecule has 1 fully saturated rings. The normalized spacial score (nSPS) is 16.5. The molecule has 1 aromatic carbocycles. The zero-order valence-electron chi connectivity index (χ0n) is 8.00. The Bertz CT molecular complexity index is 402. The third-order valence-corrected chi connectivity index (χ3v) is 2.39. The van der Waals surface area contributed by atoms with E-state index in [4.69, 9.17) is 17.3 Å². The highest BCUT2D eigenvalue weighted by Crippen LogP contribution is 2.25. The molecule has 2 rings (SSSR count). The largest absolute Gasteiger partial charge is 0.370 e. The van der Waals surface area contributed by atoms with E-state index in [0.29, 0.717) is 16.8 Å². The summed E-state index contributed by atoms with van der Waals surface area (Å²) in [5.41, 5.74) is 6.07. The molecule has 80 valence electrons. The van der Waals surface area contributed by atoms with E-state index in [2.05, 4.69) is 10.3 Å². The van der Waals surface area contributed by atoms with Crippen molar-refractivity contribution in [1.29, 1.82) is 0 Å². The van der Waals surface area contributed by atoms with Gasteiger partial charge in [0, 0.05) is 0 Å². The lowest BCUT2D eigenvalue weighted by Crippen LogP contribution is -2.23. The quantitative estimate of drug-likeness (QED) is 0.602. The van der Waals surface area contributed by atoms with Crippen LogP contribution in [-0.4, -0.2) is 12.0 Å². The second-order valence-electron chi connectivity index (χ2n) is 3.49. The number of halogens is 2. The lowest BCUT2D eigenvalue weighted by Gasteiger charge is -2.07. The molecule has 0 spiro atoms. The summed E-state index contributed by atoms with van der Waals surface area (Å²) in [6, 6.07) is 4.38. The summed E-state index contributed by atoms with van der Waals surface area (Å²) in [5, 5.41) is 3.20. The predicted molar refractivity (Wildman–Crippen MR) is 59.7 cm³/mol. The van der Waals surface area contributed by atoms with Crippen LogP contribution in [-0.2, 0) is 0 Å². The molecular weight excluding hydrogens is 217 g/mol. The first kappa shape index (κ1) is 10.2. The summed E-state index contributed by atoms with van der Waals surface area (Å²) in [4.78, 5) is 4.16. The number of nitrogens with two attached hydrogens (primary N) is 1. The molecule has 3 N–H and O–H groups in total. The summed E-state index contributed by atoms with van der Waals surface area (Å²) in [5.74, 6) is -0.0777. The molecule has 15 heavy (non-hydrogen) atoms. The van der Waals surface area contributed by atoms with E-state index < -0.39 is 0 Å². The molecule has 5 heteroatoms. The van der Waals surface area contributed by atoms with Gasteiger partial charge in [-0.25, -0.2) is 9.38 Å². The summed E-state index contributed by atoms with van der Waals surface area (Å²) < 4.78 is 12.9. The van der Waals surface area contributed by atoms with Crippen molar-refractivity contribution in [1.82, 2.24) is 0 Å². The van der Waals surface area contributed by atoms with Crippen LogP contribution in [0.2, 0.25) is 5.02 Å². The molecule has 0 bridgehead atoms. The van der Waals surface area contributed by atoms with E-state index in [-0.39, 0.29) is 11.8 Å². The maximum absolute atomic E-state index is 12.9. The highest BCUT2D eigenvalue weighted by molar-refractivity contribution is 6.33. The Kier molecular flexibility index (Phi) is 2.77. The van der Waals surface area contributed by atoms with Crippen molar-refractivity contribution in [2.24, 2.45) is 10.7 Å². The first-order valence-corrected chi connectivity index (χ1v) is 5.08. The summed E-state index contributed by atoms with van der Waals surface area (Å²) >= 11 is 5.85. The highest BCUT2D eigenvalue weighted by Gasteiger charge is 2.20. The second-order valence-corrected chi connectivity index (χ2v) is 3.90. The van der Waals surface area contributed by atoms with Crippen LogP contribution in [0.3, 0.4) is 0 Å². The number of rotatable bonds is 2. The Morgan fingerprint density at radius 2 is 2.27 bits per heavy atom. The van der Waals surface area contributed by atoms with E-state index in [1.165, 1.54) is 18.2 Å². The van der Waals surface area contributed by atoms with Gasteiger partial charge in [-0.05, 0) is 31.0 Å². The van der Waals surface area contributed by atoms with Gasteiger partial charge in [0.1, 0.15) is 5.82 Å². The van der Waals surface area contributed by atoms with Crippen molar-refractivity contribution in [3.63, 3.8) is 0 Å². The second kappa shape index (κ2) is 4.06. The van der Waals surface area contributed by atoms with E-state index in [1.54, 1.807) is 0 Å². The molecule has 0 aromatic heterocycles. The fraction of sp³-hybridized carbons (Fsp3) is 0.300. The average Bonchev–Trinajstić information content (AvgIpc) is 2.95. The van der Waals surface area contributed by atoms with Crippen molar-refractivity contribution >= 4 is 23.2 Å². The molecule has 0 aliphatic heterocycles. The lowest BCUT2D eigenvalue weighted by molar-refractivity contribution is 0.628. The zero-order valence-corrected chi connectivity index (χ0v) is 8.76. The highest BCUT2D eigenvalue weighted by atomic mass is 35.5. The first-order chi connectivity index (χ1) is 7.15. The minimum Gasteiger partial charge on any atom is -0.370 e. The molecule has 1 aliphatic rings. The van der Waals surface area contributed by atoms with Gasteiger partial charge in [0.2, 0.25) is 0 Å². The van der Waals surface area contributed by atoms with Gasteiger partial charge in [-0.1, -0.05) is 11.6 Å². The topological polar surface area (TPSA) is 50.4 Å². The van der Waals surface area contributed by atoms with Crippen LogP contribution in [0.1, 0.15) is 12.8 Å². The van der Waals surface area contributed by atoms with Crippen LogP contribution in [0.15, 0.2) is 23.2 Å². The van der Waals surface area contributed by atoms with Crippen LogP contribution in [0.5, 0.6) is 0 Å². The van der Waals surface area contributed by atoms with Gasteiger partial charge in [-0.15, -0.1) is 0 Å². The molecule has 0 unspecified atom stereocenters. The third-order valence-electron chi connectivity index (χ3n) is 2.06. The molecule has 0 radical (unpaired) electrons. The number of benzene rings is 1. The number of nitrogens with one attached hydrogen (secondary N) is 1. The van der Waals surface area contributed by atoms with Crippen LogP contribution >= 0.6 is 11.6 Å². The van der Waals surface area contributed by atoms with Crippen molar-refractivity contribution in [2.45, 2.75) is 18.9 Å². The van der Waals surface area contributed by atoms with E-state index in [0.717, 1.165) is 12.8 Å². The lowest BCUT2D eigenvalue weighted by atomic mass is 10.3. The maximum Gasteiger partial charge on any atom is 0.193 e. The van der Waals surface area contributed by atoms with Gasteiger partial charge < -0.3 is 11.1 Å². The first-order valence-electron chi connectivity index (χ1n) is 4.70. The summed E-state index contributed by atoms with van der Waals surface area (Å²) in [6.07, 6.45) is 2.14. The maximum atomic E-state index is 12.9.